The molecule has 1 fully saturated rings. The van der Waals surface area contributed by atoms with Crippen molar-refractivity contribution in [1.82, 2.24) is 14.2 Å². The predicted octanol–water partition coefficient (Wildman–Crippen LogP) is 7.05. The van der Waals surface area contributed by atoms with Gasteiger partial charge < -0.3 is 37.5 Å². The Morgan fingerprint density at radius 1 is 0.864 bits per heavy atom. The summed E-state index contributed by atoms with van der Waals surface area (Å²) < 4.78 is 52.8. The molecule has 5 atom stereocenters. The third-order valence-corrected chi connectivity index (χ3v) is 11.6. The first kappa shape index (κ1) is 45.0. The molecule has 0 aliphatic carbocycles. The van der Waals surface area contributed by atoms with Crippen LogP contribution < -0.4 is 20.7 Å². The summed E-state index contributed by atoms with van der Waals surface area (Å²) in [4.78, 5) is 41.3. The molecular formula is C43H53N4O11P. The number of carbonyl (C=O) groups excluding carboxylic acids is 1. The van der Waals surface area contributed by atoms with Gasteiger partial charge in [-0.2, -0.15) is 5.26 Å². The smallest absolute Gasteiger partial charge is 0.497 e. The Bertz CT molecular complexity index is 2050. The van der Waals surface area contributed by atoms with E-state index in [1.165, 1.54) is 12.3 Å². The molecule has 1 aromatic heterocycles. The van der Waals surface area contributed by atoms with Crippen LogP contribution in [0.2, 0.25) is 0 Å². The number of ether oxygens (including phenoxy) is 6. The van der Waals surface area contributed by atoms with Crippen molar-refractivity contribution in [2.45, 2.75) is 96.3 Å². The van der Waals surface area contributed by atoms with E-state index in [1.807, 2.05) is 111 Å². The summed E-state index contributed by atoms with van der Waals surface area (Å²) in [5.41, 5.74) is -0.440. The number of rotatable bonds is 19. The summed E-state index contributed by atoms with van der Waals surface area (Å²) >= 11 is 0. The molecular weight excluding hydrogens is 779 g/mol. The first-order valence-corrected chi connectivity index (χ1v) is 20.5. The standard InChI is InChI=1S/C43H53N4O11P/c1-28(2)47(29(3)4)59(54-26-12-24-44)58-38-36(56-40(39(38)57-42(50)55-30(5)6)46-25-23-37(48)45-41(46)49)27-53-43(31-13-10-9-11-14-31,32-15-19-34(51-7)20-16-32)33-17-21-35(52-8)22-18-33/h9-11,13-23,25,28-30,36,38-40H,12,26-27H2,1-8H3,(H,45,48,49)/t36-,38-,39-,40-,59?/m1/s1. The van der Waals surface area contributed by atoms with Gasteiger partial charge in [0.25, 0.3) is 14.1 Å². The van der Waals surface area contributed by atoms with E-state index >= 15 is 0 Å². The lowest BCUT2D eigenvalue weighted by molar-refractivity contribution is -0.0963. The highest BCUT2D eigenvalue weighted by molar-refractivity contribution is 7.44. The van der Waals surface area contributed by atoms with Crippen LogP contribution in [0.4, 0.5) is 4.79 Å². The molecule has 1 aliphatic rings. The number of nitriles is 1. The van der Waals surface area contributed by atoms with E-state index in [2.05, 4.69) is 11.1 Å². The predicted molar refractivity (Wildman–Crippen MR) is 220 cm³/mol. The molecule has 0 spiro atoms. The lowest BCUT2D eigenvalue weighted by atomic mass is 9.80. The zero-order valence-electron chi connectivity index (χ0n) is 34.6. The number of H-pyrrole nitrogens is 1. The third kappa shape index (κ3) is 10.8. The fourth-order valence-corrected chi connectivity index (χ4v) is 8.73. The lowest BCUT2D eigenvalue weighted by Crippen LogP contribution is -2.44. The Morgan fingerprint density at radius 2 is 1.44 bits per heavy atom. The SMILES string of the molecule is COc1ccc(C(OC[C@H]2O[C@@H](n3ccc(=O)[nH]c3=O)[C@H](OC(=O)OC(C)C)[C@@H]2OP(OCCC#N)N(C(C)C)C(C)C)(c2ccccc2)c2ccc(OC)cc2)cc1. The monoisotopic (exact) mass is 832 g/mol. The Kier molecular flexibility index (Phi) is 15.8. The van der Waals surface area contributed by atoms with E-state index in [0.29, 0.717) is 11.5 Å². The molecule has 0 bridgehead atoms. The second-order valence-electron chi connectivity index (χ2n) is 14.5. The number of aromatic amines is 1. The fraction of sp³-hybridized carbons (Fsp3) is 0.442. The Labute approximate surface area is 345 Å². The van der Waals surface area contributed by atoms with Crippen LogP contribution in [0.1, 0.15) is 70.9 Å². The van der Waals surface area contributed by atoms with Gasteiger partial charge in [-0.1, -0.05) is 54.6 Å². The number of nitrogens with zero attached hydrogens (tertiary/aromatic N) is 3. The van der Waals surface area contributed by atoms with Crippen LogP contribution in [-0.2, 0) is 33.6 Å². The van der Waals surface area contributed by atoms with Gasteiger partial charge in [-0.3, -0.25) is 14.3 Å². The van der Waals surface area contributed by atoms with Crippen LogP contribution in [-0.4, -0.2) is 84.3 Å². The van der Waals surface area contributed by atoms with Crippen molar-refractivity contribution >= 4 is 14.7 Å². The molecule has 0 radical (unpaired) electrons. The number of methoxy groups -OCH3 is 2. The van der Waals surface area contributed by atoms with Gasteiger partial charge in [-0.15, -0.1) is 0 Å². The molecule has 1 aliphatic heterocycles. The van der Waals surface area contributed by atoms with Crippen LogP contribution in [0.25, 0.3) is 0 Å². The van der Waals surface area contributed by atoms with Gasteiger partial charge in [-0.05, 0) is 82.5 Å². The summed E-state index contributed by atoms with van der Waals surface area (Å²) in [6.07, 6.45) is -5.08. The number of aromatic nitrogens is 2. The highest BCUT2D eigenvalue weighted by Crippen LogP contribution is 2.51. The van der Waals surface area contributed by atoms with Crippen LogP contribution in [0, 0.1) is 11.3 Å². The summed E-state index contributed by atoms with van der Waals surface area (Å²) in [7, 11) is 1.22. The largest absolute Gasteiger partial charge is 0.509 e. The topological polar surface area (TPSA) is 173 Å². The minimum atomic E-state index is -1.96. The lowest BCUT2D eigenvalue weighted by Gasteiger charge is -2.39. The van der Waals surface area contributed by atoms with Gasteiger partial charge in [0.1, 0.15) is 29.3 Å². The molecule has 0 amide bonds. The number of benzene rings is 3. The van der Waals surface area contributed by atoms with Crippen LogP contribution in [0.15, 0.2) is 101 Å². The second-order valence-corrected chi connectivity index (χ2v) is 15.9. The maximum Gasteiger partial charge on any atom is 0.509 e. The van der Waals surface area contributed by atoms with Crippen molar-refractivity contribution in [2.24, 2.45) is 0 Å². The van der Waals surface area contributed by atoms with Crippen molar-refractivity contribution in [3.05, 3.63) is 129 Å². The van der Waals surface area contributed by atoms with Gasteiger partial charge in [0.05, 0.1) is 46.0 Å². The molecule has 1 N–H and O–H groups in total. The Balaban J connectivity index is 1.70. The normalized spacial score (nSPS) is 18.6. The van der Waals surface area contributed by atoms with Gasteiger partial charge in [0.2, 0.25) is 0 Å². The molecule has 1 unspecified atom stereocenters. The van der Waals surface area contributed by atoms with Gasteiger partial charge in [0, 0.05) is 24.3 Å². The number of hydrogen-bond donors (Lipinski definition) is 1. The molecule has 316 valence electrons. The van der Waals surface area contributed by atoms with E-state index in [9.17, 15) is 19.6 Å². The Morgan fingerprint density at radius 3 is 1.95 bits per heavy atom. The highest BCUT2D eigenvalue weighted by atomic mass is 31.2. The summed E-state index contributed by atoms with van der Waals surface area (Å²) in [5, 5.41) is 9.41. The molecule has 15 nitrogen and oxygen atoms in total. The number of nitrogens with one attached hydrogen (secondary N) is 1. The van der Waals surface area contributed by atoms with Crippen molar-refractivity contribution in [3.8, 4) is 17.6 Å². The van der Waals surface area contributed by atoms with Gasteiger partial charge >= 0.3 is 11.8 Å². The van der Waals surface area contributed by atoms with Gasteiger partial charge in [0.15, 0.2) is 12.3 Å². The maximum atomic E-state index is 13.4. The van der Waals surface area contributed by atoms with Gasteiger partial charge in [-0.25, -0.2) is 14.3 Å². The van der Waals surface area contributed by atoms with E-state index in [1.54, 1.807) is 28.1 Å². The van der Waals surface area contributed by atoms with Crippen molar-refractivity contribution in [2.75, 3.05) is 27.4 Å². The first-order valence-electron chi connectivity index (χ1n) is 19.4. The van der Waals surface area contributed by atoms with E-state index in [-0.39, 0.29) is 31.7 Å². The molecule has 5 rings (SSSR count). The van der Waals surface area contributed by atoms with Crippen molar-refractivity contribution in [3.63, 3.8) is 0 Å². The minimum Gasteiger partial charge on any atom is -0.497 e. The molecule has 0 saturated carbocycles. The zero-order chi connectivity index (χ0) is 42.7. The zero-order valence-corrected chi connectivity index (χ0v) is 35.5. The number of carbonyl (C=O) groups is 1. The molecule has 1 saturated heterocycles. The molecule has 3 aromatic carbocycles. The molecule has 59 heavy (non-hydrogen) atoms. The fourth-order valence-electron chi connectivity index (χ4n) is 6.96. The molecule has 4 aromatic rings. The van der Waals surface area contributed by atoms with E-state index < -0.39 is 62.2 Å². The van der Waals surface area contributed by atoms with E-state index in [4.69, 9.17) is 37.5 Å². The average Bonchev–Trinajstić information content (AvgIpc) is 3.53. The van der Waals surface area contributed by atoms with Crippen molar-refractivity contribution in [1.29, 1.82) is 5.26 Å². The number of hydrogen-bond acceptors (Lipinski definition) is 13. The van der Waals surface area contributed by atoms with Crippen LogP contribution >= 0.6 is 8.53 Å². The van der Waals surface area contributed by atoms with Crippen LogP contribution in [0.5, 0.6) is 11.5 Å². The third-order valence-electron chi connectivity index (χ3n) is 9.49. The van der Waals surface area contributed by atoms with Crippen molar-refractivity contribution < 1.29 is 42.3 Å². The van der Waals surface area contributed by atoms with Crippen LogP contribution in [0.3, 0.4) is 0 Å². The highest BCUT2D eigenvalue weighted by Gasteiger charge is 2.53. The minimum absolute atomic E-state index is 0.0582. The first-order chi connectivity index (χ1) is 28.3. The average molecular weight is 833 g/mol. The van der Waals surface area contributed by atoms with E-state index in [0.717, 1.165) is 21.3 Å². The second kappa shape index (κ2) is 20.8. The quantitative estimate of drug-likeness (QED) is 0.0441. The Hall–Kier alpha value is -5.07. The summed E-state index contributed by atoms with van der Waals surface area (Å²) in [6, 6.07) is 27.8. The maximum absolute atomic E-state index is 13.4. The molecule has 16 heteroatoms. The summed E-state index contributed by atoms with van der Waals surface area (Å²) in [6.45, 7) is 11.2. The molecule has 2 heterocycles. The summed E-state index contributed by atoms with van der Waals surface area (Å²) in [5.74, 6) is 1.29.